The Kier molecular flexibility index (Phi) is 8.42. The molecule has 0 aliphatic rings. The van der Waals surface area contributed by atoms with Gasteiger partial charge < -0.3 is 30.2 Å². The van der Waals surface area contributed by atoms with Gasteiger partial charge >= 0.3 is 5.97 Å². The van der Waals surface area contributed by atoms with Crippen molar-refractivity contribution in [3.8, 4) is 5.75 Å². The predicted octanol–water partition coefficient (Wildman–Crippen LogP) is 1.69. The average molecular weight is 417 g/mol. The summed E-state index contributed by atoms with van der Waals surface area (Å²) in [6, 6.07) is 6.06. The molecule has 0 radical (unpaired) electrons. The van der Waals surface area contributed by atoms with Gasteiger partial charge in [0.25, 0.3) is 11.8 Å². The van der Waals surface area contributed by atoms with Crippen molar-refractivity contribution in [3.05, 3.63) is 52.3 Å². The lowest BCUT2D eigenvalue weighted by Gasteiger charge is -2.07. The fraction of sp³-hybridized carbons (Fsp3) is 0.381. The van der Waals surface area contributed by atoms with Crippen LogP contribution < -0.4 is 10.6 Å². The van der Waals surface area contributed by atoms with E-state index in [0.717, 1.165) is 0 Å². The third kappa shape index (κ3) is 6.08. The van der Waals surface area contributed by atoms with E-state index in [-0.39, 0.29) is 24.2 Å². The molecule has 1 aromatic heterocycles. The number of hydrogen-bond donors (Lipinski definition) is 4. The molecule has 0 unspecified atom stereocenters. The number of aromatic hydroxyl groups is 1. The number of amides is 2. The van der Waals surface area contributed by atoms with Crippen LogP contribution in [-0.4, -0.2) is 61.3 Å². The number of ether oxygens (including phenoxy) is 2. The Bertz CT molecular complexity index is 906. The first-order valence-electron chi connectivity index (χ1n) is 9.55. The van der Waals surface area contributed by atoms with Gasteiger partial charge in [0, 0.05) is 31.5 Å². The van der Waals surface area contributed by atoms with E-state index < -0.39 is 5.97 Å². The maximum Gasteiger partial charge on any atom is 0.340 e. The zero-order chi connectivity index (χ0) is 22.1. The fourth-order valence-electron chi connectivity index (χ4n) is 2.90. The summed E-state index contributed by atoms with van der Waals surface area (Å²) >= 11 is 0. The Morgan fingerprint density at radius 2 is 1.77 bits per heavy atom. The van der Waals surface area contributed by atoms with Gasteiger partial charge in [-0.3, -0.25) is 9.59 Å². The number of aromatic amines is 1. The highest BCUT2D eigenvalue weighted by atomic mass is 16.6. The minimum absolute atomic E-state index is 0.0217. The number of aromatic nitrogens is 1. The van der Waals surface area contributed by atoms with Gasteiger partial charge in [-0.25, -0.2) is 4.79 Å². The number of hydrogen-bond acceptors (Lipinski definition) is 6. The van der Waals surface area contributed by atoms with Crippen LogP contribution in [0.1, 0.15) is 48.9 Å². The molecule has 0 fully saturated rings. The van der Waals surface area contributed by atoms with Crippen LogP contribution in [0.25, 0.3) is 0 Å². The van der Waals surface area contributed by atoms with Crippen LogP contribution in [0.15, 0.2) is 24.3 Å². The number of rotatable bonds is 10. The molecule has 0 saturated heterocycles. The summed E-state index contributed by atoms with van der Waals surface area (Å²) in [7, 11) is 1.51. The van der Waals surface area contributed by atoms with Gasteiger partial charge in [-0.1, -0.05) is 6.07 Å². The van der Waals surface area contributed by atoms with E-state index in [1.807, 2.05) is 0 Å². The first-order chi connectivity index (χ1) is 14.3. The molecule has 2 amide bonds. The van der Waals surface area contributed by atoms with Gasteiger partial charge in [0.15, 0.2) is 0 Å². The van der Waals surface area contributed by atoms with Crippen molar-refractivity contribution in [2.75, 3.05) is 33.4 Å². The van der Waals surface area contributed by atoms with E-state index in [4.69, 9.17) is 9.47 Å². The van der Waals surface area contributed by atoms with Crippen molar-refractivity contribution in [2.24, 2.45) is 0 Å². The molecule has 2 rings (SSSR count). The fourth-order valence-corrected chi connectivity index (χ4v) is 2.90. The van der Waals surface area contributed by atoms with Crippen LogP contribution in [0.4, 0.5) is 0 Å². The van der Waals surface area contributed by atoms with Gasteiger partial charge in [-0.15, -0.1) is 0 Å². The Labute approximate surface area is 174 Å². The number of carbonyl (C=O) groups excluding carboxylic acids is 3. The molecular formula is C21H27N3O6. The number of esters is 1. The van der Waals surface area contributed by atoms with E-state index in [9.17, 15) is 19.5 Å². The molecule has 0 atom stereocenters. The minimum Gasteiger partial charge on any atom is -0.508 e. The second-order valence-electron chi connectivity index (χ2n) is 6.67. The molecule has 0 spiro atoms. The maximum atomic E-state index is 12.4. The number of H-pyrrole nitrogens is 1. The van der Waals surface area contributed by atoms with E-state index in [0.29, 0.717) is 54.2 Å². The molecule has 1 aromatic carbocycles. The normalized spacial score (nSPS) is 10.5. The van der Waals surface area contributed by atoms with Crippen LogP contribution in [0.3, 0.4) is 0 Å². The number of aryl methyl sites for hydroxylation is 1. The number of methoxy groups -OCH3 is 1. The second kappa shape index (κ2) is 11.0. The lowest BCUT2D eigenvalue weighted by molar-refractivity contribution is 0.0386. The van der Waals surface area contributed by atoms with Crippen LogP contribution >= 0.6 is 0 Å². The Morgan fingerprint density at radius 3 is 2.43 bits per heavy atom. The van der Waals surface area contributed by atoms with Crippen LogP contribution in [0.5, 0.6) is 5.75 Å². The standard InChI is InChI=1S/C21H27N3O6/c1-13-17(21(28)30-11-10-29-3)14(2)24-18(13)20(27)23-9-5-8-22-19(26)15-6-4-7-16(25)12-15/h4,6-7,12,24-25H,5,8-11H2,1-3H3,(H,22,26)(H,23,27). The molecule has 30 heavy (non-hydrogen) atoms. The zero-order valence-electron chi connectivity index (χ0n) is 17.3. The van der Waals surface area contributed by atoms with E-state index in [1.165, 1.54) is 19.2 Å². The Hall–Kier alpha value is -3.33. The molecule has 162 valence electrons. The summed E-state index contributed by atoms with van der Waals surface area (Å²) in [5.41, 5.74) is 2.08. The highest BCUT2D eigenvalue weighted by molar-refractivity contribution is 6.00. The van der Waals surface area contributed by atoms with Crippen molar-refractivity contribution in [3.63, 3.8) is 0 Å². The molecule has 2 aromatic rings. The van der Waals surface area contributed by atoms with Crippen molar-refractivity contribution in [2.45, 2.75) is 20.3 Å². The third-order valence-electron chi connectivity index (χ3n) is 4.42. The molecule has 0 saturated carbocycles. The highest BCUT2D eigenvalue weighted by Gasteiger charge is 2.22. The smallest absolute Gasteiger partial charge is 0.340 e. The molecule has 0 bridgehead atoms. The zero-order valence-corrected chi connectivity index (χ0v) is 17.3. The van der Waals surface area contributed by atoms with Gasteiger partial charge in [0.2, 0.25) is 0 Å². The van der Waals surface area contributed by atoms with Crippen molar-refractivity contribution in [1.29, 1.82) is 0 Å². The summed E-state index contributed by atoms with van der Waals surface area (Å²) in [5, 5.41) is 14.9. The quantitative estimate of drug-likeness (QED) is 0.344. The summed E-state index contributed by atoms with van der Waals surface area (Å²) in [4.78, 5) is 39.6. The number of carbonyl (C=O) groups is 3. The topological polar surface area (TPSA) is 130 Å². The lowest BCUT2D eigenvalue weighted by atomic mass is 10.1. The first kappa shape index (κ1) is 23.0. The van der Waals surface area contributed by atoms with Gasteiger partial charge in [-0.05, 0) is 44.0 Å². The second-order valence-corrected chi connectivity index (χ2v) is 6.67. The maximum absolute atomic E-state index is 12.4. The van der Waals surface area contributed by atoms with Crippen LogP contribution in [0.2, 0.25) is 0 Å². The number of nitrogens with one attached hydrogen (secondary N) is 3. The van der Waals surface area contributed by atoms with Gasteiger partial charge in [0.1, 0.15) is 18.1 Å². The monoisotopic (exact) mass is 417 g/mol. The molecular weight excluding hydrogens is 390 g/mol. The van der Waals surface area contributed by atoms with Crippen molar-refractivity contribution < 1.29 is 29.0 Å². The van der Waals surface area contributed by atoms with Crippen LogP contribution in [0, 0.1) is 13.8 Å². The predicted molar refractivity (Wildman–Crippen MR) is 110 cm³/mol. The summed E-state index contributed by atoms with van der Waals surface area (Å²) < 4.78 is 9.99. The van der Waals surface area contributed by atoms with E-state index >= 15 is 0 Å². The highest BCUT2D eigenvalue weighted by Crippen LogP contribution is 2.19. The molecule has 9 nitrogen and oxygen atoms in total. The van der Waals surface area contributed by atoms with E-state index in [2.05, 4.69) is 15.6 Å². The first-order valence-corrected chi connectivity index (χ1v) is 9.55. The van der Waals surface area contributed by atoms with Crippen molar-refractivity contribution >= 4 is 17.8 Å². The third-order valence-corrected chi connectivity index (χ3v) is 4.42. The Balaban J connectivity index is 1.81. The average Bonchev–Trinajstić information content (AvgIpc) is 3.01. The molecule has 4 N–H and O–H groups in total. The Morgan fingerprint density at radius 1 is 1.07 bits per heavy atom. The summed E-state index contributed by atoms with van der Waals surface area (Å²) in [6.45, 7) is 4.51. The summed E-state index contributed by atoms with van der Waals surface area (Å²) in [6.07, 6.45) is 0.515. The van der Waals surface area contributed by atoms with Crippen LogP contribution in [-0.2, 0) is 9.47 Å². The van der Waals surface area contributed by atoms with Gasteiger partial charge in [0.05, 0.1) is 12.2 Å². The number of phenols is 1. The lowest BCUT2D eigenvalue weighted by Crippen LogP contribution is -2.30. The molecule has 9 heteroatoms. The molecule has 1 heterocycles. The SMILES string of the molecule is COCCOC(=O)c1c(C)[nH]c(C(=O)NCCCNC(=O)c2cccc(O)c2)c1C. The largest absolute Gasteiger partial charge is 0.508 e. The minimum atomic E-state index is -0.507. The molecule has 0 aliphatic heterocycles. The number of benzene rings is 1. The van der Waals surface area contributed by atoms with Gasteiger partial charge in [-0.2, -0.15) is 0 Å². The van der Waals surface area contributed by atoms with Crippen molar-refractivity contribution in [1.82, 2.24) is 15.6 Å². The van der Waals surface area contributed by atoms with E-state index in [1.54, 1.807) is 26.0 Å². The summed E-state index contributed by atoms with van der Waals surface area (Å²) in [5.74, 6) is -1.13. The number of phenolic OH excluding ortho intramolecular Hbond substituents is 1. The molecule has 0 aliphatic carbocycles.